The average molecular weight is 293 g/mol. The summed E-state index contributed by atoms with van der Waals surface area (Å²) in [6.45, 7) is 2.28. The number of carbonyl (C=O) groups excluding carboxylic acids is 2. The lowest BCUT2D eigenvalue weighted by atomic mass is 10.0. The molecule has 0 radical (unpaired) electrons. The van der Waals surface area contributed by atoms with Gasteiger partial charge in [0.15, 0.2) is 0 Å². The monoisotopic (exact) mass is 292 g/mol. The van der Waals surface area contributed by atoms with Crippen LogP contribution in [0.4, 0.5) is 0 Å². The number of rotatable bonds is 4. The Morgan fingerprint density at radius 1 is 1.40 bits per heavy atom. The normalized spacial score (nSPS) is 20.0. The van der Waals surface area contributed by atoms with Crippen LogP contribution in [-0.4, -0.2) is 35.8 Å². The first kappa shape index (κ1) is 14.6. The summed E-state index contributed by atoms with van der Waals surface area (Å²) in [6.07, 6.45) is 0.508. The minimum Gasteiger partial charge on any atom is -0.345 e. The minimum atomic E-state index is -0.481. The van der Waals surface area contributed by atoms with E-state index in [-0.39, 0.29) is 18.4 Å². The fourth-order valence-corrected chi connectivity index (χ4v) is 2.31. The molecule has 1 aromatic rings. The molecule has 2 amide bonds. The van der Waals surface area contributed by atoms with E-state index in [0.717, 1.165) is 11.1 Å². The second-order valence-corrected chi connectivity index (χ2v) is 5.12. The molecule has 0 saturated carbocycles. The Morgan fingerprint density at radius 2 is 2.10 bits per heavy atom. The molecule has 1 aliphatic rings. The van der Waals surface area contributed by atoms with Crippen LogP contribution in [0.1, 0.15) is 12.5 Å². The van der Waals surface area contributed by atoms with Gasteiger partial charge in [0.1, 0.15) is 6.04 Å². The summed E-state index contributed by atoms with van der Waals surface area (Å²) in [5, 5.41) is 2.64. The number of piperazine rings is 1. The molecule has 1 fully saturated rings. The molecule has 0 bridgehead atoms. The Hall–Kier alpha value is -1.81. The van der Waals surface area contributed by atoms with Crippen molar-refractivity contribution in [3.8, 4) is 0 Å². The Kier molecular flexibility index (Phi) is 4.79. The van der Waals surface area contributed by atoms with Crippen LogP contribution in [0.5, 0.6) is 0 Å². The number of nitrogens with one attached hydrogen (secondary N) is 1. The molecule has 1 atom stereocenters. The van der Waals surface area contributed by atoms with Gasteiger partial charge in [-0.3, -0.25) is 9.59 Å². The lowest BCUT2D eigenvalue weighted by Crippen LogP contribution is -2.59. The summed E-state index contributed by atoms with van der Waals surface area (Å²) in [7, 11) is 0. The van der Waals surface area contributed by atoms with Crippen molar-refractivity contribution in [1.82, 2.24) is 10.2 Å². The zero-order valence-corrected chi connectivity index (χ0v) is 12.1. The molecular weight excluding hydrogens is 276 g/mol. The van der Waals surface area contributed by atoms with Gasteiger partial charge >= 0.3 is 0 Å². The fourth-order valence-electron chi connectivity index (χ4n) is 2.24. The maximum Gasteiger partial charge on any atom is 0.243 e. The quantitative estimate of drug-likeness (QED) is 0.918. The lowest BCUT2D eigenvalue weighted by molar-refractivity contribution is -0.145. The van der Waals surface area contributed by atoms with Crippen molar-refractivity contribution in [2.45, 2.75) is 19.4 Å². The van der Waals surface area contributed by atoms with E-state index in [2.05, 4.69) is 5.32 Å². The second kappa shape index (κ2) is 6.57. The molecule has 4 nitrogen and oxygen atoms in total. The van der Waals surface area contributed by atoms with Gasteiger partial charge in [-0.05, 0) is 18.1 Å². The van der Waals surface area contributed by atoms with Crippen molar-refractivity contribution >= 4 is 23.4 Å². The Morgan fingerprint density at radius 3 is 2.75 bits per heavy atom. The van der Waals surface area contributed by atoms with E-state index in [1.807, 2.05) is 37.3 Å². The third-order valence-electron chi connectivity index (χ3n) is 3.29. The van der Waals surface area contributed by atoms with Crippen molar-refractivity contribution in [3.63, 3.8) is 0 Å². The van der Waals surface area contributed by atoms with Gasteiger partial charge in [0, 0.05) is 18.5 Å². The zero-order chi connectivity index (χ0) is 14.5. The summed E-state index contributed by atoms with van der Waals surface area (Å²) < 4.78 is 0. The number of carbonyl (C=O) groups is 2. The van der Waals surface area contributed by atoms with Crippen LogP contribution in [0, 0.1) is 0 Å². The first-order valence-electron chi connectivity index (χ1n) is 6.48. The SMILES string of the molecule is C/C(=C/Cl)CN1C(=O)CNC(=O)C1Cc1ccccc1. The molecule has 1 saturated heterocycles. The third-order valence-corrected chi connectivity index (χ3v) is 3.66. The molecule has 20 heavy (non-hydrogen) atoms. The minimum absolute atomic E-state index is 0.0552. The summed E-state index contributed by atoms with van der Waals surface area (Å²) in [5.74, 6) is -0.195. The molecule has 1 unspecified atom stereocenters. The molecule has 0 aliphatic carbocycles. The highest BCUT2D eigenvalue weighted by atomic mass is 35.5. The molecule has 1 aromatic carbocycles. The van der Waals surface area contributed by atoms with Gasteiger partial charge < -0.3 is 10.2 Å². The largest absolute Gasteiger partial charge is 0.345 e. The third kappa shape index (κ3) is 3.39. The standard InChI is InChI=1S/C15H17ClN2O2/c1-11(8-16)10-18-13(15(20)17-9-14(18)19)7-12-5-3-2-4-6-12/h2-6,8,13H,7,9-10H2,1H3,(H,17,20)/b11-8-. The molecular formula is C15H17ClN2O2. The molecule has 0 aromatic heterocycles. The number of benzene rings is 1. The molecule has 1 N–H and O–H groups in total. The summed E-state index contributed by atoms with van der Waals surface area (Å²) in [4.78, 5) is 25.7. The van der Waals surface area contributed by atoms with Gasteiger partial charge in [-0.2, -0.15) is 0 Å². The van der Waals surface area contributed by atoms with Crippen LogP contribution in [0.25, 0.3) is 0 Å². The number of amides is 2. The van der Waals surface area contributed by atoms with E-state index in [1.54, 1.807) is 4.90 Å². The number of halogens is 1. The smallest absolute Gasteiger partial charge is 0.243 e. The maximum atomic E-state index is 12.1. The molecule has 0 spiro atoms. The van der Waals surface area contributed by atoms with Crippen molar-refractivity contribution < 1.29 is 9.59 Å². The van der Waals surface area contributed by atoms with Crippen LogP contribution < -0.4 is 5.32 Å². The topological polar surface area (TPSA) is 49.4 Å². The first-order valence-corrected chi connectivity index (χ1v) is 6.92. The molecule has 106 valence electrons. The van der Waals surface area contributed by atoms with Crippen molar-refractivity contribution in [2.24, 2.45) is 0 Å². The Bertz CT molecular complexity index is 528. The number of hydrogen-bond donors (Lipinski definition) is 1. The molecule has 5 heteroatoms. The van der Waals surface area contributed by atoms with Gasteiger partial charge in [0.25, 0.3) is 0 Å². The average Bonchev–Trinajstić information content (AvgIpc) is 2.47. The number of hydrogen-bond acceptors (Lipinski definition) is 2. The summed E-state index contributed by atoms with van der Waals surface area (Å²) >= 11 is 5.66. The molecule has 1 aliphatic heterocycles. The highest BCUT2D eigenvalue weighted by Crippen LogP contribution is 2.15. The summed E-state index contributed by atoms with van der Waals surface area (Å²) in [6, 6.07) is 9.19. The number of nitrogens with zero attached hydrogens (tertiary/aromatic N) is 1. The van der Waals surface area contributed by atoms with Gasteiger partial charge in [-0.15, -0.1) is 0 Å². The second-order valence-electron chi connectivity index (χ2n) is 4.90. The van der Waals surface area contributed by atoms with Crippen LogP contribution in [0.2, 0.25) is 0 Å². The highest BCUT2D eigenvalue weighted by Gasteiger charge is 2.34. The van der Waals surface area contributed by atoms with Crippen LogP contribution >= 0.6 is 11.6 Å². The predicted octanol–water partition coefficient (Wildman–Crippen LogP) is 1.70. The molecule has 1 heterocycles. The van der Waals surface area contributed by atoms with E-state index >= 15 is 0 Å². The van der Waals surface area contributed by atoms with Crippen molar-refractivity contribution in [3.05, 3.63) is 47.0 Å². The van der Waals surface area contributed by atoms with Crippen LogP contribution in [0.3, 0.4) is 0 Å². The fraction of sp³-hybridized carbons (Fsp3) is 0.333. The molecule has 2 rings (SSSR count). The lowest BCUT2D eigenvalue weighted by Gasteiger charge is -2.35. The van der Waals surface area contributed by atoms with Crippen LogP contribution in [-0.2, 0) is 16.0 Å². The van der Waals surface area contributed by atoms with E-state index < -0.39 is 6.04 Å². The predicted molar refractivity (Wildman–Crippen MR) is 78.3 cm³/mol. The van der Waals surface area contributed by atoms with Crippen molar-refractivity contribution in [1.29, 1.82) is 0 Å². The first-order chi connectivity index (χ1) is 9.61. The Labute approximate surface area is 123 Å². The van der Waals surface area contributed by atoms with E-state index in [0.29, 0.717) is 13.0 Å². The Balaban J connectivity index is 2.20. The van der Waals surface area contributed by atoms with Gasteiger partial charge in [-0.25, -0.2) is 0 Å². The van der Waals surface area contributed by atoms with E-state index in [1.165, 1.54) is 5.54 Å². The highest BCUT2D eigenvalue weighted by molar-refractivity contribution is 6.25. The van der Waals surface area contributed by atoms with Crippen LogP contribution in [0.15, 0.2) is 41.4 Å². The zero-order valence-electron chi connectivity index (χ0n) is 11.3. The van der Waals surface area contributed by atoms with Gasteiger partial charge in [0.05, 0.1) is 6.54 Å². The van der Waals surface area contributed by atoms with Gasteiger partial charge in [-0.1, -0.05) is 41.9 Å². The summed E-state index contributed by atoms with van der Waals surface area (Å²) in [5.41, 5.74) is 3.33. The van der Waals surface area contributed by atoms with E-state index in [9.17, 15) is 9.59 Å². The van der Waals surface area contributed by atoms with Crippen molar-refractivity contribution in [2.75, 3.05) is 13.1 Å². The van der Waals surface area contributed by atoms with E-state index in [4.69, 9.17) is 11.6 Å². The maximum absolute atomic E-state index is 12.1. The van der Waals surface area contributed by atoms with Gasteiger partial charge in [0.2, 0.25) is 11.8 Å².